The molecule has 6 heterocycles. The summed E-state index contributed by atoms with van der Waals surface area (Å²) in [5.74, 6) is 5.37. The van der Waals surface area contributed by atoms with Crippen molar-refractivity contribution in [1.29, 1.82) is 0 Å². The van der Waals surface area contributed by atoms with Crippen LogP contribution in [0.5, 0.6) is 34.5 Å². The van der Waals surface area contributed by atoms with Crippen LogP contribution >= 0.6 is 11.3 Å². The molecule has 5 aliphatic heterocycles. The molecule has 2 atom stereocenters. The number of anilines is 2. The van der Waals surface area contributed by atoms with Gasteiger partial charge in [0.25, 0.3) is 13.4 Å². The molecule has 0 bridgehead atoms. The van der Waals surface area contributed by atoms with Gasteiger partial charge >= 0.3 is 0 Å². The van der Waals surface area contributed by atoms with E-state index >= 15 is 0 Å². The molecule has 1 aliphatic carbocycles. The third-order valence-corrected chi connectivity index (χ3v) is 13.8. The Hall–Kier alpha value is -4.61. The van der Waals surface area contributed by atoms with Crippen molar-refractivity contribution in [1.82, 2.24) is 0 Å². The highest BCUT2D eigenvalue weighted by Gasteiger charge is 2.62. The number of thiophene rings is 1. The molecule has 6 aliphatic rings. The fourth-order valence-electron chi connectivity index (χ4n) is 10.3. The SMILES string of the molecule is CC12CCCCC1(C)N1c3sc4ccccc4c3B3c4cc5c(cc4Oc4ccc2c1c43)Oc1cccc2c1B5c1ccccc1O2. The first-order valence-corrected chi connectivity index (χ1v) is 17.8. The van der Waals surface area contributed by atoms with Gasteiger partial charge in [0.1, 0.15) is 34.5 Å². The van der Waals surface area contributed by atoms with Crippen molar-refractivity contribution in [2.45, 2.75) is 50.5 Å². The molecule has 5 aromatic carbocycles. The summed E-state index contributed by atoms with van der Waals surface area (Å²) < 4.78 is 21.5. The van der Waals surface area contributed by atoms with Crippen LogP contribution in [0, 0.1) is 0 Å². The van der Waals surface area contributed by atoms with Gasteiger partial charge in [-0.1, -0.05) is 74.4 Å². The fourth-order valence-corrected chi connectivity index (χ4v) is 11.7. The largest absolute Gasteiger partial charge is 0.458 e. The second-order valence-corrected chi connectivity index (χ2v) is 15.7. The number of fused-ring (bicyclic) bond motifs is 14. The smallest absolute Gasteiger partial charge is 0.260 e. The summed E-state index contributed by atoms with van der Waals surface area (Å²) in [7, 11) is 0. The number of para-hydroxylation sites is 1. The van der Waals surface area contributed by atoms with Gasteiger partial charge < -0.3 is 19.1 Å². The van der Waals surface area contributed by atoms with Crippen molar-refractivity contribution >= 4 is 78.3 Å². The Morgan fingerprint density at radius 2 is 1.32 bits per heavy atom. The zero-order valence-corrected chi connectivity index (χ0v) is 27.0. The maximum absolute atomic E-state index is 6.98. The van der Waals surface area contributed by atoms with Crippen LogP contribution in [0.25, 0.3) is 10.1 Å². The van der Waals surface area contributed by atoms with E-state index in [-0.39, 0.29) is 24.4 Å². The molecule has 0 radical (unpaired) electrons. The number of nitrogens with zero attached hydrogens (tertiary/aromatic N) is 1. The van der Waals surface area contributed by atoms with E-state index in [1.165, 1.54) is 79.3 Å². The number of hydrogen-bond donors (Lipinski definition) is 0. The fraction of sp³-hybridized carbons (Fsp3) is 0.200. The zero-order chi connectivity index (χ0) is 30.8. The summed E-state index contributed by atoms with van der Waals surface area (Å²) in [6.45, 7) is 5.15. The number of hydrogen-bond acceptors (Lipinski definition) is 5. The molecule has 47 heavy (non-hydrogen) atoms. The minimum Gasteiger partial charge on any atom is -0.458 e. The molecule has 6 aromatic rings. The first-order chi connectivity index (χ1) is 23.0. The molecular weight excluding hydrogens is 596 g/mol. The Bertz CT molecular complexity index is 2440. The first kappa shape index (κ1) is 25.5. The number of benzene rings is 5. The molecule has 0 N–H and O–H groups in total. The Morgan fingerprint density at radius 1 is 0.617 bits per heavy atom. The third-order valence-electron chi connectivity index (χ3n) is 12.6. The van der Waals surface area contributed by atoms with Crippen molar-refractivity contribution in [2.75, 3.05) is 4.90 Å². The second kappa shape index (κ2) is 8.26. The van der Waals surface area contributed by atoms with Crippen LogP contribution in [0.3, 0.4) is 0 Å². The van der Waals surface area contributed by atoms with Gasteiger partial charge in [-0.3, -0.25) is 0 Å². The van der Waals surface area contributed by atoms with Gasteiger partial charge in [0.2, 0.25) is 0 Å². The van der Waals surface area contributed by atoms with E-state index < -0.39 is 0 Å². The monoisotopic (exact) mass is 625 g/mol. The van der Waals surface area contributed by atoms with E-state index in [0.29, 0.717) is 0 Å². The predicted molar refractivity (Wildman–Crippen MR) is 193 cm³/mol. The molecule has 0 spiro atoms. The molecule has 0 saturated heterocycles. The van der Waals surface area contributed by atoms with Crippen molar-refractivity contribution in [3.8, 4) is 34.5 Å². The number of rotatable bonds is 0. The third kappa shape index (κ3) is 2.84. The average Bonchev–Trinajstić information content (AvgIpc) is 3.57. The molecule has 12 rings (SSSR count). The molecule has 224 valence electrons. The predicted octanol–water partition coefficient (Wildman–Crippen LogP) is 6.31. The van der Waals surface area contributed by atoms with E-state index in [4.69, 9.17) is 14.2 Å². The van der Waals surface area contributed by atoms with Crippen LogP contribution in [-0.4, -0.2) is 19.0 Å². The van der Waals surface area contributed by atoms with Crippen LogP contribution in [0.1, 0.15) is 45.1 Å². The zero-order valence-electron chi connectivity index (χ0n) is 26.2. The van der Waals surface area contributed by atoms with Gasteiger partial charge in [0, 0.05) is 27.3 Å². The maximum atomic E-state index is 6.98. The normalized spacial score (nSPS) is 22.9. The van der Waals surface area contributed by atoms with Crippen molar-refractivity contribution < 1.29 is 14.2 Å². The molecule has 1 saturated carbocycles. The highest BCUT2D eigenvalue weighted by molar-refractivity contribution is 7.26. The van der Waals surface area contributed by atoms with Crippen LogP contribution in [-0.2, 0) is 5.41 Å². The van der Waals surface area contributed by atoms with E-state index in [1.54, 1.807) is 0 Å². The summed E-state index contributed by atoms with van der Waals surface area (Å²) in [4.78, 5) is 2.78. The van der Waals surface area contributed by atoms with Gasteiger partial charge in [-0.05, 0) is 88.4 Å². The van der Waals surface area contributed by atoms with E-state index in [0.717, 1.165) is 40.0 Å². The van der Waals surface area contributed by atoms with E-state index in [2.05, 4.69) is 104 Å². The minimum absolute atomic E-state index is 0.0131. The molecule has 1 aromatic heterocycles. The molecule has 2 unspecified atom stereocenters. The lowest BCUT2D eigenvalue weighted by Gasteiger charge is -2.51. The van der Waals surface area contributed by atoms with Crippen LogP contribution < -0.4 is 51.9 Å². The maximum Gasteiger partial charge on any atom is 0.260 e. The van der Waals surface area contributed by atoms with Crippen LogP contribution in [0.4, 0.5) is 10.7 Å². The van der Waals surface area contributed by atoms with Gasteiger partial charge in [-0.2, -0.15) is 0 Å². The standard InChI is InChI=1S/C40H29B2NO3S/c1-39-18-7-8-19-40(39,2)43-37-23(39)16-17-30-36(37)42(34-22-10-3-6-15-33(22)47-38(34)43)26-20-25-31(21-32(26)46-30)45-29-14-9-13-28-35(29)41(25)24-11-4-5-12-27(24)44-28/h3-6,9-17,20-21H,7-8,18-19H2,1-2H3. The lowest BCUT2D eigenvalue weighted by Crippen LogP contribution is -2.64. The van der Waals surface area contributed by atoms with E-state index in [9.17, 15) is 0 Å². The van der Waals surface area contributed by atoms with Crippen LogP contribution in [0.15, 0.2) is 91.0 Å². The summed E-state index contributed by atoms with van der Waals surface area (Å²) >= 11 is 1.98. The molecule has 7 heteroatoms. The van der Waals surface area contributed by atoms with E-state index in [1.807, 2.05) is 17.4 Å². The summed E-state index contributed by atoms with van der Waals surface area (Å²) in [6.07, 6.45) is 4.95. The highest BCUT2D eigenvalue weighted by atomic mass is 32.1. The van der Waals surface area contributed by atoms with Gasteiger partial charge in [0.05, 0.1) is 10.5 Å². The molecular formula is C40H29B2NO3S. The average molecular weight is 625 g/mol. The van der Waals surface area contributed by atoms with Crippen molar-refractivity contribution in [2.24, 2.45) is 0 Å². The van der Waals surface area contributed by atoms with Crippen molar-refractivity contribution in [3.63, 3.8) is 0 Å². The molecule has 4 nitrogen and oxygen atoms in total. The van der Waals surface area contributed by atoms with Crippen LogP contribution in [0.2, 0.25) is 0 Å². The van der Waals surface area contributed by atoms with Gasteiger partial charge in [-0.25, -0.2) is 0 Å². The lowest BCUT2D eigenvalue weighted by molar-refractivity contribution is 0.195. The summed E-state index contributed by atoms with van der Waals surface area (Å²) in [5, 5.41) is 2.78. The van der Waals surface area contributed by atoms with Gasteiger partial charge in [0.15, 0.2) is 0 Å². The minimum atomic E-state index is 0.0131. The molecule has 0 amide bonds. The number of ether oxygens (including phenoxy) is 3. The Kier molecular flexibility index (Phi) is 4.48. The summed E-state index contributed by atoms with van der Waals surface area (Å²) in [6, 6.07) is 32.9. The lowest BCUT2D eigenvalue weighted by atomic mass is 9.31. The topological polar surface area (TPSA) is 30.9 Å². The van der Waals surface area contributed by atoms with Gasteiger partial charge in [-0.15, -0.1) is 11.3 Å². The summed E-state index contributed by atoms with van der Waals surface area (Å²) in [5.41, 5.74) is 10.5. The quantitative estimate of drug-likeness (QED) is 0.185. The Balaban J connectivity index is 1.17. The highest BCUT2D eigenvalue weighted by Crippen LogP contribution is 2.63. The Morgan fingerprint density at radius 3 is 2.19 bits per heavy atom. The Labute approximate surface area is 278 Å². The first-order valence-electron chi connectivity index (χ1n) is 17.0. The molecule has 1 fully saturated rings. The van der Waals surface area contributed by atoms with Crippen molar-refractivity contribution in [3.05, 3.63) is 96.6 Å². The second-order valence-electron chi connectivity index (χ2n) is 14.6.